The summed E-state index contributed by atoms with van der Waals surface area (Å²) in [6, 6.07) is 18.1. The smallest absolute Gasteiger partial charge is 0.272 e. The van der Waals surface area contributed by atoms with Gasteiger partial charge >= 0.3 is 0 Å². The van der Waals surface area contributed by atoms with Gasteiger partial charge in [-0.15, -0.1) is 11.3 Å². The highest BCUT2D eigenvalue weighted by molar-refractivity contribution is 7.99. The summed E-state index contributed by atoms with van der Waals surface area (Å²) in [7, 11) is 0. The zero-order valence-corrected chi connectivity index (χ0v) is 19.4. The van der Waals surface area contributed by atoms with Crippen LogP contribution >= 0.6 is 23.1 Å². The van der Waals surface area contributed by atoms with Gasteiger partial charge in [-0.3, -0.25) is 14.2 Å². The van der Waals surface area contributed by atoms with E-state index in [9.17, 15) is 9.59 Å². The number of rotatable bonds is 6. The van der Waals surface area contributed by atoms with E-state index in [1.807, 2.05) is 59.2 Å². The van der Waals surface area contributed by atoms with Gasteiger partial charge in [0.15, 0.2) is 5.16 Å². The van der Waals surface area contributed by atoms with Crippen molar-refractivity contribution in [3.63, 3.8) is 0 Å². The van der Waals surface area contributed by atoms with E-state index in [4.69, 9.17) is 4.98 Å². The van der Waals surface area contributed by atoms with E-state index in [1.54, 1.807) is 0 Å². The number of carbonyl (C=O) groups is 1. The lowest BCUT2D eigenvalue weighted by molar-refractivity contribution is -0.118. The molecule has 2 heterocycles. The Hall–Kier alpha value is -2.64. The van der Waals surface area contributed by atoms with Gasteiger partial charge in [-0.05, 0) is 24.5 Å². The molecule has 1 aliphatic rings. The largest absolute Gasteiger partial charge is 0.351 e. The van der Waals surface area contributed by atoms with Crippen LogP contribution in [0.3, 0.4) is 0 Å². The molecular formula is C25H25N3O2S2. The molecule has 5 nitrogen and oxygen atoms in total. The number of thioether (sulfide) groups is 1. The van der Waals surface area contributed by atoms with E-state index >= 15 is 0 Å². The number of hydrogen-bond donors (Lipinski definition) is 1. The molecule has 4 aromatic rings. The molecule has 7 heteroatoms. The van der Waals surface area contributed by atoms with Gasteiger partial charge in [-0.1, -0.05) is 79.6 Å². The van der Waals surface area contributed by atoms with Crippen LogP contribution in [0.25, 0.3) is 20.3 Å². The molecule has 0 spiro atoms. The average Bonchev–Trinajstić information content (AvgIpc) is 3.22. The van der Waals surface area contributed by atoms with Crippen molar-refractivity contribution >= 4 is 49.3 Å². The van der Waals surface area contributed by atoms with Gasteiger partial charge in [0.25, 0.3) is 5.56 Å². The Bertz CT molecular complexity index is 1310. The molecule has 0 aliphatic heterocycles. The summed E-state index contributed by atoms with van der Waals surface area (Å²) >= 11 is 2.89. The summed E-state index contributed by atoms with van der Waals surface area (Å²) in [6.45, 7) is 0.497. The van der Waals surface area contributed by atoms with Crippen LogP contribution in [-0.2, 0) is 11.3 Å². The molecule has 1 aliphatic carbocycles. The molecule has 1 N–H and O–H groups in total. The minimum atomic E-state index is -0.0569. The molecular weight excluding hydrogens is 438 g/mol. The van der Waals surface area contributed by atoms with Crippen LogP contribution in [0.2, 0.25) is 0 Å². The second-order valence-electron chi connectivity index (χ2n) is 8.19. The van der Waals surface area contributed by atoms with E-state index < -0.39 is 0 Å². The summed E-state index contributed by atoms with van der Waals surface area (Å²) in [5.41, 5.74) is 1.86. The van der Waals surface area contributed by atoms with Crippen molar-refractivity contribution < 1.29 is 4.79 Å². The maximum atomic E-state index is 13.6. The summed E-state index contributed by atoms with van der Waals surface area (Å²) < 4.78 is 3.67. The van der Waals surface area contributed by atoms with Crippen LogP contribution in [0.1, 0.15) is 43.7 Å². The summed E-state index contributed by atoms with van der Waals surface area (Å²) in [5.74, 6) is 0.179. The van der Waals surface area contributed by atoms with Crippen molar-refractivity contribution in [1.29, 1.82) is 0 Å². The van der Waals surface area contributed by atoms with E-state index in [1.165, 1.54) is 29.5 Å². The molecule has 5 rings (SSSR count). The molecule has 0 atom stereocenters. The number of hydrogen-bond acceptors (Lipinski definition) is 5. The molecule has 32 heavy (non-hydrogen) atoms. The Labute approximate surface area is 194 Å². The van der Waals surface area contributed by atoms with Crippen molar-refractivity contribution in [1.82, 2.24) is 14.9 Å². The zero-order chi connectivity index (χ0) is 21.9. The fourth-order valence-corrected chi connectivity index (χ4v) is 6.34. The van der Waals surface area contributed by atoms with Crippen LogP contribution in [-0.4, -0.2) is 21.2 Å². The zero-order valence-electron chi connectivity index (χ0n) is 17.8. The Kier molecular flexibility index (Phi) is 6.28. The first-order chi connectivity index (χ1) is 15.7. The van der Waals surface area contributed by atoms with Crippen molar-refractivity contribution in [2.45, 2.75) is 49.8 Å². The minimum Gasteiger partial charge on any atom is -0.351 e. The maximum absolute atomic E-state index is 13.6. The number of nitrogens with one attached hydrogen (secondary N) is 1. The van der Waals surface area contributed by atoms with Gasteiger partial charge in [0, 0.05) is 22.7 Å². The van der Waals surface area contributed by atoms with E-state index in [0.717, 1.165) is 51.5 Å². The molecule has 0 bridgehead atoms. The molecule has 1 amide bonds. The molecule has 0 saturated heterocycles. The van der Waals surface area contributed by atoms with Gasteiger partial charge < -0.3 is 5.32 Å². The number of amides is 1. The second-order valence-corrected chi connectivity index (χ2v) is 10.2. The molecule has 1 fully saturated rings. The topological polar surface area (TPSA) is 64.0 Å². The van der Waals surface area contributed by atoms with Gasteiger partial charge in [-0.2, -0.15) is 0 Å². The first kappa shape index (κ1) is 21.2. The summed E-state index contributed by atoms with van der Waals surface area (Å²) in [6.07, 6.45) is 5.46. The SMILES string of the molecule is O=C(CSc1nc2c(sc3ccccc32)c(=O)n1C1CCCCC1)NCc1ccccc1. The fourth-order valence-electron chi connectivity index (χ4n) is 4.37. The number of aromatic nitrogens is 2. The Morgan fingerprint density at radius 2 is 1.81 bits per heavy atom. The van der Waals surface area contributed by atoms with Crippen LogP contribution in [0, 0.1) is 0 Å². The van der Waals surface area contributed by atoms with Crippen LogP contribution in [0.4, 0.5) is 0 Å². The van der Waals surface area contributed by atoms with Crippen LogP contribution < -0.4 is 10.9 Å². The normalized spacial score (nSPS) is 14.8. The predicted octanol–water partition coefficient (Wildman–Crippen LogP) is 5.52. The van der Waals surface area contributed by atoms with Crippen molar-refractivity contribution in [3.05, 3.63) is 70.5 Å². The van der Waals surface area contributed by atoms with Crippen molar-refractivity contribution in [2.24, 2.45) is 0 Å². The quantitative estimate of drug-likeness (QED) is 0.302. The lowest BCUT2D eigenvalue weighted by atomic mass is 9.95. The summed E-state index contributed by atoms with van der Waals surface area (Å²) in [4.78, 5) is 31.1. The maximum Gasteiger partial charge on any atom is 0.272 e. The summed E-state index contributed by atoms with van der Waals surface area (Å²) in [5, 5.41) is 4.64. The highest BCUT2D eigenvalue weighted by Gasteiger charge is 2.24. The van der Waals surface area contributed by atoms with Crippen molar-refractivity contribution in [3.8, 4) is 0 Å². The van der Waals surface area contributed by atoms with E-state index in [2.05, 4.69) is 5.32 Å². The van der Waals surface area contributed by atoms with Crippen LogP contribution in [0.5, 0.6) is 0 Å². The van der Waals surface area contributed by atoms with E-state index in [0.29, 0.717) is 11.7 Å². The van der Waals surface area contributed by atoms with Gasteiger partial charge in [-0.25, -0.2) is 4.98 Å². The fraction of sp³-hybridized carbons (Fsp3) is 0.320. The third-order valence-electron chi connectivity index (χ3n) is 6.00. The van der Waals surface area contributed by atoms with Crippen molar-refractivity contribution in [2.75, 3.05) is 5.75 Å². The number of fused-ring (bicyclic) bond motifs is 3. The van der Waals surface area contributed by atoms with Gasteiger partial charge in [0.2, 0.25) is 5.91 Å². The molecule has 2 aromatic heterocycles. The Balaban J connectivity index is 1.45. The standard InChI is InChI=1S/C25H25N3O2S2/c29-21(26-15-17-9-3-1-4-10-17)16-31-25-27-22-19-13-7-8-14-20(19)32-23(22)24(30)28(25)18-11-5-2-6-12-18/h1,3-4,7-10,13-14,18H,2,5-6,11-12,15-16H2,(H,26,29). The second kappa shape index (κ2) is 9.46. The number of carbonyl (C=O) groups excluding carboxylic acids is 1. The predicted molar refractivity (Wildman–Crippen MR) is 133 cm³/mol. The van der Waals surface area contributed by atoms with Gasteiger partial charge in [0.1, 0.15) is 4.70 Å². The number of thiophene rings is 1. The third-order valence-corrected chi connectivity index (χ3v) is 8.10. The lowest BCUT2D eigenvalue weighted by Gasteiger charge is -2.25. The van der Waals surface area contributed by atoms with Crippen LogP contribution in [0.15, 0.2) is 64.5 Å². The molecule has 0 unspecified atom stereocenters. The first-order valence-corrected chi connectivity index (χ1v) is 12.9. The molecule has 1 saturated carbocycles. The number of nitrogens with zero attached hydrogens (tertiary/aromatic N) is 2. The number of benzene rings is 2. The Morgan fingerprint density at radius 3 is 2.62 bits per heavy atom. The third kappa shape index (κ3) is 4.32. The molecule has 2 aromatic carbocycles. The molecule has 0 radical (unpaired) electrons. The monoisotopic (exact) mass is 463 g/mol. The first-order valence-electron chi connectivity index (χ1n) is 11.1. The Morgan fingerprint density at radius 1 is 1.06 bits per heavy atom. The molecule has 164 valence electrons. The van der Waals surface area contributed by atoms with Gasteiger partial charge in [0.05, 0.1) is 11.3 Å². The minimum absolute atomic E-state index is 0.0373. The lowest BCUT2D eigenvalue weighted by Crippen LogP contribution is -2.29. The average molecular weight is 464 g/mol. The van der Waals surface area contributed by atoms with E-state index in [-0.39, 0.29) is 23.3 Å². The highest BCUT2D eigenvalue weighted by atomic mass is 32.2. The highest BCUT2D eigenvalue weighted by Crippen LogP contribution is 2.35.